The van der Waals surface area contributed by atoms with Gasteiger partial charge >= 0.3 is 7.82 Å². The monoisotopic (exact) mass is 1080 g/mol. The first kappa shape index (κ1) is 73.4. The first-order chi connectivity index (χ1) is 37.0. The average molecular weight is 1080 g/mol. The number of nitrogens with zero attached hydrogens (tertiary/aromatic N) is 1. The Labute approximate surface area is 470 Å². The number of allylic oxidation sites excluding steroid dienone is 15. The highest BCUT2D eigenvalue weighted by Gasteiger charge is 2.27. The van der Waals surface area contributed by atoms with Crippen LogP contribution in [0, 0.1) is 0 Å². The third-order valence-electron chi connectivity index (χ3n) is 13.8. The van der Waals surface area contributed by atoms with Crippen molar-refractivity contribution < 1.29 is 32.9 Å². The molecule has 3 unspecified atom stereocenters. The Morgan fingerprint density at radius 3 is 1.14 bits per heavy atom. The van der Waals surface area contributed by atoms with Crippen molar-refractivity contribution in [3.63, 3.8) is 0 Å². The van der Waals surface area contributed by atoms with Gasteiger partial charge < -0.3 is 19.8 Å². The molecular weight excluding hydrogens is 960 g/mol. The summed E-state index contributed by atoms with van der Waals surface area (Å²) >= 11 is 0. The van der Waals surface area contributed by atoms with Crippen molar-refractivity contribution in [3.8, 4) is 0 Å². The number of hydrogen-bond donors (Lipinski definition) is 3. The van der Waals surface area contributed by atoms with Crippen LogP contribution in [0.3, 0.4) is 0 Å². The number of likely N-dealkylation sites (N-methyl/N-ethyl adjacent to an activating group) is 1. The Morgan fingerprint density at radius 2 is 0.789 bits per heavy atom. The fourth-order valence-electron chi connectivity index (χ4n) is 8.92. The number of nitrogens with one attached hydrogen (secondary N) is 1. The van der Waals surface area contributed by atoms with E-state index in [9.17, 15) is 19.4 Å². The van der Waals surface area contributed by atoms with Gasteiger partial charge in [-0.05, 0) is 70.6 Å². The molecule has 0 aliphatic heterocycles. The maximum absolute atomic E-state index is 13.0. The largest absolute Gasteiger partial charge is 0.472 e. The number of carbonyl (C=O) groups is 1. The lowest BCUT2D eigenvalue weighted by Gasteiger charge is -2.25. The summed E-state index contributed by atoms with van der Waals surface area (Å²) in [6.07, 6.45) is 82.6. The Morgan fingerprint density at radius 1 is 0.461 bits per heavy atom. The fraction of sp³-hybridized carbons (Fsp3) is 0.746. The van der Waals surface area contributed by atoms with Gasteiger partial charge in [0.05, 0.1) is 39.9 Å². The van der Waals surface area contributed by atoms with E-state index in [0.29, 0.717) is 17.4 Å². The summed E-state index contributed by atoms with van der Waals surface area (Å²) < 4.78 is 23.7. The molecule has 0 aromatic carbocycles. The molecule has 0 rings (SSSR count). The summed E-state index contributed by atoms with van der Waals surface area (Å²) in [4.78, 5) is 23.3. The molecule has 0 aliphatic carbocycles. The summed E-state index contributed by atoms with van der Waals surface area (Å²) in [5.41, 5.74) is 0. The molecule has 3 N–H and O–H groups in total. The van der Waals surface area contributed by atoms with E-state index < -0.39 is 20.0 Å². The summed E-state index contributed by atoms with van der Waals surface area (Å²) in [6.45, 7) is 4.67. The number of rotatable bonds is 57. The van der Waals surface area contributed by atoms with Crippen molar-refractivity contribution in [3.05, 3.63) is 97.2 Å². The van der Waals surface area contributed by atoms with E-state index in [1.807, 2.05) is 27.2 Å². The number of phosphoric ester groups is 1. The Kier molecular flexibility index (Phi) is 55.2. The molecule has 3 atom stereocenters. The number of quaternary nitrogens is 1. The molecule has 0 aromatic rings. The molecule has 0 saturated carbocycles. The minimum Gasteiger partial charge on any atom is -0.387 e. The smallest absolute Gasteiger partial charge is 0.387 e. The fourth-order valence-corrected chi connectivity index (χ4v) is 9.65. The zero-order valence-electron chi connectivity index (χ0n) is 50.2. The summed E-state index contributed by atoms with van der Waals surface area (Å²) in [6, 6.07) is -0.886. The lowest BCUT2D eigenvalue weighted by atomic mass is 10.0. The third kappa shape index (κ3) is 59.1. The normalized spacial score (nSPS) is 14.5. The van der Waals surface area contributed by atoms with Crippen LogP contribution in [0.5, 0.6) is 0 Å². The van der Waals surface area contributed by atoms with E-state index in [0.717, 1.165) is 70.6 Å². The summed E-state index contributed by atoms with van der Waals surface area (Å²) in [7, 11) is 1.53. The van der Waals surface area contributed by atoms with Gasteiger partial charge in [-0.25, -0.2) is 4.57 Å². The van der Waals surface area contributed by atoms with Gasteiger partial charge in [0.15, 0.2) is 0 Å². The average Bonchev–Trinajstić information content (AvgIpc) is 3.38. The molecule has 9 heteroatoms. The van der Waals surface area contributed by atoms with Crippen LogP contribution in [-0.4, -0.2) is 73.4 Å². The predicted molar refractivity (Wildman–Crippen MR) is 332 cm³/mol. The van der Waals surface area contributed by atoms with E-state index in [1.54, 1.807) is 6.08 Å². The highest BCUT2D eigenvalue weighted by Crippen LogP contribution is 2.43. The minimum absolute atomic E-state index is 0.0457. The van der Waals surface area contributed by atoms with E-state index in [2.05, 4.69) is 104 Å². The molecule has 8 nitrogen and oxygen atoms in total. The van der Waals surface area contributed by atoms with Crippen LogP contribution in [0.4, 0.5) is 0 Å². The number of phosphoric acid groups is 1. The van der Waals surface area contributed by atoms with Gasteiger partial charge in [-0.3, -0.25) is 13.8 Å². The van der Waals surface area contributed by atoms with E-state index in [1.165, 1.54) is 173 Å². The SMILES string of the molecule is CC/C=C\C/C=C\C/C=C\C/C=C\C/C=C\C/C=C\C/C=C\CCCC(=O)NC(COP(=O)(O)OCC[N+](C)(C)C)C(O)/C=C/CCCCCCCCCCCCCCCCCCCCCCCCCCCCCCC. The third-order valence-corrected chi connectivity index (χ3v) is 14.8. The molecule has 0 saturated heterocycles. The lowest BCUT2D eigenvalue weighted by molar-refractivity contribution is -0.870. The molecule has 0 radical (unpaired) electrons. The van der Waals surface area contributed by atoms with Gasteiger partial charge in [-0.1, -0.05) is 291 Å². The highest BCUT2D eigenvalue weighted by molar-refractivity contribution is 7.47. The molecular formula is C67H122N2O6P+. The van der Waals surface area contributed by atoms with E-state index >= 15 is 0 Å². The quantitative estimate of drug-likeness (QED) is 0.0243. The van der Waals surface area contributed by atoms with Gasteiger partial charge in [0.25, 0.3) is 0 Å². The standard InChI is InChI=1S/C67H121N2O6P/c1-6-8-10-12-14-16-18-20-22-24-26-28-30-31-32-33-34-35-36-37-39-40-42-44-46-48-50-52-54-56-58-60-66(70)65(64-75-76(72,73)74-63-62-69(3,4)5)68-67(71)61-59-57-55-53-51-49-47-45-43-41-38-29-27-25-23-21-19-17-15-13-11-9-7-2/h9,11,15,17,21,23,27,29,41,43,47,49,53,55,58,60,65-66,70H,6-8,10,12-14,16,18-20,22,24-26,28,30-40,42,44-46,48,50-52,54,56-57,59,61-64H2,1-5H3,(H-,68,71,72,73)/p+1/b11-9-,17-15-,23-21-,29-27-,43-41-,49-47-,55-53-,60-58+. The Bertz CT molecular complexity index is 1560. The van der Waals surface area contributed by atoms with Gasteiger partial charge in [0.1, 0.15) is 13.2 Å². The van der Waals surface area contributed by atoms with Crippen molar-refractivity contribution in [2.45, 2.75) is 283 Å². The molecule has 0 fully saturated rings. The van der Waals surface area contributed by atoms with Crippen molar-refractivity contribution in [1.29, 1.82) is 0 Å². The summed E-state index contributed by atoms with van der Waals surface area (Å²) in [5, 5.41) is 13.9. The number of unbranched alkanes of at least 4 members (excludes halogenated alkanes) is 30. The van der Waals surface area contributed by atoms with Crippen LogP contribution < -0.4 is 5.32 Å². The van der Waals surface area contributed by atoms with Crippen LogP contribution >= 0.6 is 7.82 Å². The number of aliphatic hydroxyl groups is 1. The van der Waals surface area contributed by atoms with Crippen molar-refractivity contribution in [1.82, 2.24) is 5.32 Å². The molecule has 76 heavy (non-hydrogen) atoms. The molecule has 0 bridgehead atoms. The Hall–Kier alpha value is -2.58. The second kappa shape index (κ2) is 57.1. The number of aliphatic hydroxyl groups excluding tert-OH is 1. The first-order valence-corrected chi connectivity index (χ1v) is 33.1. The summed E-state index contributed by atoms with van der Waals surface area (Å²) in [5.74, 6) is -0.235. The van der Waals surface area contributed by atoms with E-state index in [-0.39, 0.29) is 25.5 Å². The second-order valence-corrected chi connectivity index (χ2v) is 23.9. The van der Waals surface area contributed by atoms with Crippen LogP contribution in [0.25, 0.3) is 0 Å². The molecule has 0 aliphatic rings. The maximum Gasteiger partial charge on any atom is 0.472 e. The molecule has 0 heterocycles. The van der Waals surface area contributed by atoms with Crippen LogP contribution in [-0.2, 0) is 18.4 Å². The second-order valence-electron chi connectivity index (χ2n) is 22.4. The highest BCUT2D eigenvalue weighted by atomic mass is 31.2. The van der Waals surface area contributed by atoms with E-state index in [4.69, 9.17) is 9.05 Å². The molecule has 0 aromatic heterocycles. The molecule has 0 spiro atoms. The van der Waals surface area contributed by atoms with Crippen LogP contribution in [0.15, 0.2) is 97.2 Å². The van der Waals surface area contributed by atoms with Crippen molar-refractivity contribution in [2.24, 2.45) is 0 Å². The molecule has 1 amide bonds. The number of amides is 1. The van der Waals surface area contributed by atoms with Gasteiger partial charge in [0, 0.05) is 6.42 Å². The van der Waals surface area contributed by atoms with Crippen LogP contribution in [0.1, 0.15) is 271 Å². The topological polar surface area (TPSA) is 105 Å². The predicted octanol–water partition coefficient (Wildman–Crippen LogP) is 19.8. The Balaban J connectivity index is 4.22. The molecule has 440 valence electrons. The maximum atomic E-state index is 13.0. The van der Waals surface area contributed by atoms with Gasteiger partial charge in [-0.2, -0.15) is 0 Å². The zero-order chi connectivity index (χ0) is 55.6. The van der Waals surface area contributed by atoms with Crippen molar-refractivity contribution in [2.75, 3.05) is 40.9 Å². The van der Waals surface area contributed by atoms with Crippen LogP contribution in [0.2, 0.25) is 0 Å². The first-order valence-electron chi connectivity index (χ1n) is 31.6. The number of hydrogen-bond acceptors (Lipinski definition) is 5. The zero-order valence-corrected chi connectivity index (χ0v) is 51.1. The van der Waals surface area contributed by atoms with Gasteiger partial charge in [0.2, 0.25) is 5.91 Å². The van der Waals surface area contributed by atoms with Gasteiger partial charge in [-0.15, -0.1) is 0 Å². The number of carbonyl (C=O) groups excluding carboxylic acids is 1. The van der Waals surface area contributed by atoms with Crippen molar-refractivity contribution >= 4 is 13.7 Å². The minimum atomic E-state index is -4.37. The lowest BCUT2D eigenvalue weighted by Crippen LogP contribution is -2.45.